The van der Waals surface area contributed by atoms with E-state index in [0.29, 0.717) is 13.2 Å². The van der Waals surface area contributed by atoms with E-state index in [9.17, 15) is 0 Å². The van der Waals surface area contributed by atoms with Gasteiger partial charge in [-0.25, -0.2) is 19.9 Å². The Morgan fingerprint density at radius 1 is 0.176 bits per heavy atom. The van der Waals surface area contributed by atoms with Crippen LogP contribution in [0.25, 0.3) is 204 Å². The van der Waals surface area contributed by atoms with Gasteiger partial charge in [-0.3, -0.25) is 0 Å². The molecule has 0 saturated heterocycles. The molecule has 0 atom stereocenters. The molecule has 0 fully saturated rings. The van der Waals surface area contributed by atoms with Crippen LogP contribution >= 0.6 is 0 Å². The van der Waals surface area contributed by atoms with E-state index < -0.39 is 0 Å². The van der Waals surface area contributed by atoms with Crippen molar-refractivity contribution in [3.63, 3.8) is 0 Å². The lowest BCUT2D eigenvalue weighted by Gasteiger charge is -2.19. The summed E-state index contributed by atoms with van der Waals surface area (Å²) in [6.07, 6.45) is 17.4. The Kier molecular flexibility index (Phi) is 23.8. The summed E-state index contributed by atoms with van der Waals surface area (Å²) in [4.78, 5) is 38.7. The molecule has 0 radical (unpaired) electrons. The fourth-order valence-electron chi connectivity index (χ4n) is 20.1. The van der Waals surface area contributed by atoms with Crippen LogP contribution in [0.2, 0.25) is 0 Å². The van der Waals surface area contributed by atoms with Crippen molar-refractivity contribution >= 4 is 92.7 Å². The van der Waals surface area contributed by atoms with Crippen molar-refractivity contribution in [2.24, 2.45) is 0 Å². The molecule has 0 spiro atoms. The lowest BCUT2D eigenvalue weighted by atomic mass is 9.86. The maximum Gasteiger partial charge on any atom is 0.119 e. The molecule has 0 amide bonds. The number of ether oxygens (including phenoxy) is 2. The van der Waals surface area contributed by atoms with Crippen LogP contribution in [-0.4, -0.2) is 39.9 Å². The molecule has 142 heavy (non-hydrogen) atoms. The van der Waals surface area contributed by atoms with Crippen LogP contribution in [0.1, 0.15) is 215 Å². The smallest absolute Gasteiger partial charge is 0.119 e. The molecule has 4 N–H and O–H groups in total. The molecule has 4 aliphatic rings. The minimum atomic E-state index is -0.0336. The molecule has 10 heterocycles. The van der Waals surface area contributed by atoms with Crippen LogP contribution < -0.4 is 9.47 Å². The van der Waals surface area contributed by atoms with Gasteiger partial charge in [0.05, 0.1) is 45.6 Å². The standard InChI is InChI=1S/C132H122N8O2/c1-127(2,3)93-47-31-83(32-48-93)119-103-63-67-107(133-103)121(85-35-51-95(52-36-85)129(7,8)9)111-71-75-115(137-111)125(116-76-72-112(138-116)122(108-68-64-104(119)134-108)86-37-53-96(54-38-86)130(10,11)12)89-43-59-99(60-44-89)141-79-91-23-19-21-25-101(91)81-27-29-82(30-28-81)102-26-22-20-24-92(102)80-142-100-61-45-90(46-62-100)126-117-77-73-113(139-117)123(87-39-55-97(56-40-87)131(13,14)15)109-69-65-105(135-109)120(84-33-49-94(50-34-84)128(4,5)6)106-66-70-110(136-106)124(114-74-78-118(126)140-114)88-41-57-98(58-42-88)132(16,17)18/h19-78,133,135,138,140H,79-80H2,1-18H3. The van der Waals surface area contributed by atoms with E-state index in [1.54, 1.807) is 0 Å². The molecule has 0 unspecified atom stereocenters. The third-order valence-electron chi connectivity index (χ3n) is 28.4. The predicted octanol–water partition coefficient (Wildman–Crippen LogP) is 35.2. The number of rotatable bonds is 16. The summed E-state index contributed by atoms with van der Waals surface area (Å²) in [5.41, 5.74) is 44.6. The zero-order chi connectivity index (χ0) is 98.5. The topological polar surface area (TPSA) is 133 Å². The van der Waals surface area contributed by atoms with Crippen molar-refractivity contribution in [2.75, 3.05) is 0 Å². The Balaban J connectivity index is 0.587. The highest BCUT2D eigenvalue weighted by Gasteiger charge is 2.28. The maximum absolute atomic E-state index is 6.85. The first-order valence-electron chi connectivity index (χ1n) is 49.8. The highest BCUT2D eigenvalue weighted by atomic mass is 16.5. The number of nitrogens with zero attached hydrogens (tertiary/aromatic N) is 4. The van der Waals surface area contributed by atoms with Crippen molar-refractivity contribution in [3.8, 4) is 123 Å². The van der Waals surface area contributed by atoms with Gasteiger partial charge < -0.3 is 29.4 Å². The molecule has 0 saturated carbocycles. The highest BCUT2D eigenvalue weighted by molar-refractivity contribution is 6.04. The largest absolute Gasteiger partial charge is 0.489 e. The van der Waals surface area contributed by atoms with Gasteiger partial charge in [-0.05, 0) is 265 Å². The third kappa shape index (κ3) is 18.6. The first kappa shape index (κ1) is 92.6. The first-order valence-corrected chi connectivity index (χ1v) is 49.8. The van der Waals surface area contributed by atoms with Crippen molar-refractivity contribution in [1.29, 1.82) is 0 Å². The summed E-state index contributed by atoms with van der Waals surface area (Å²) in [6.45, 7) is 41.4. The van der Waals surface area contributed by atoms with Gasteiger partial charge in [-0.1, -0.05) is 367 Å². The summed E-state index contributed by atoms with van der Waals surface area (Å²) >= 11 is 0. The second-order valence-corrected chi connectivity index (χ2v) is 44.5. The molecular formula is C132H122N8O2. The third-order valence-corrected chi connectivity index (χ3v) is 28.4. The molecule has 10 nitrogen and oxygen atoms in total. The zero-order valence-electron chi connectivity index (χ0n) is 84.7. The summed E-state index contributed by atoms with van der Waals surface area (Å²) in [7, 11) is 0. The SMILES string of the molecule is CC(C)(C)c1ccc(-c2c3nc(c(-c4ccc(C(C)(C)C)cc4)c4ccc([nH]4)c(-c4ccc(C(C)(C)C)cc4)c4nc(c(-c5ccc(OCc6ccccc6-c6ccc(-c7ccccc7COc7ccc(-c8c9nc(c(-c%10ccc(C(C)(C)C)cc%10)c%10ccc([nH]%10)c(-c%10ccc(C(C)(C)C)cc%10)c%10nc(c(-c%11ccc(C(C)(C)C)cc%11)c%11ccc8[nH]%11)C=C%10)C=C9)cc7)cc6)cc5)c5ccc2[nH]5)C=C4)C=C3)cc1. The van der Waals surface area contributed by atoms with E-state index in [1.165, 1.54) is 33.4 Å². The fourth-order valence-corrected chi connectivity index (χ4v) is 20.1. The second-order valence-electron chi connectivity index (χ2n) is 44.5. The minimum absolute atomic E-state index is 0.0179. The van der Waals surface area contributed by atoms with Crippen molar-refractivity contribution < 1.29 is 9.47 Å². The van der Waals surface area contributed by atoms with Crippen molar-refractivity contribution in [3.05, 3.63) is 406 Å². The molecular weight excluding hydrogens is 1730 g/mol. The zero-order valence-corrected chi connectivity index (χ0v) is 84.7. The Labute approximate surface area is 835 Å². The summed E-state index contributed by atoms with van der Waals surface area (Å²) in [5, 5.41) is 0. The van der Waals surface area contributed by atoms with E-state index in [1.807, 2.05) is 0 Å². The molecule has 16 bridgehead atoms. The second kappa shape index (κ2) is 36.5. The molecule has 702 valence electrons. The van der Waals surface area contributed by atoms with E-state index in [0.717, 1.165) is 224 Å². The summed E-state index contributed by atoms with van der Waals surface area (Å²) in [5.74, 6) is 1.50. The van der Waals surface area contributed by atoms with Crippen molar-refractivity contribution in [2.45, 2.75) is 170 Å². The van der Waals surface area contributed by atoms with Crippen molar-refractivity contribution in [1.82, 2.24) is 39.9 Å². The van der Waals surface area contributed by atoms with Gasteiger partial charge in [0.25, 0.3) is 0 Å². The van der Waals surface area contributed by atoms with E-state index in [-0.39, 0.29) is 32.5 Å². The minimum Gasteiger partial charge on any atom is -0.489 e. The summed E-state index contributed by atoms with van der Waals surface area (Å²) < 4.78 is 13.7. The first-order chi connectivity index (χ1) is 68.1. The van der Waals surface area contributed by atoms with Crippen LogP contribution in [0, 0.1) is 0 Å². The summed E-state index contributed by atoms with van der Waals surface area (Å²) in [6, 6.07) is 115. The average molecular weight is 1850 g/mol. The number of H-pyrrole nitrogens is 4. The predicted molar refractivity (Wildman–Crippen MR) is 599 cm³/mol. The van der Waals surface area contributed by atoms with E-state index >= 15 is 0 Å². The van der Waals surface area contributed by atoms with Gasteiger partial charge in [0.1, 0.15) is 24.7 Å². The van der Waals surface area contributed by atoms with E-state index in [2.05, 4.69) is 509 Å². The number of hydrogen-bond donors (Lipinski definition) is 4. The average Bonchev–Trinajstić information content (AvgIpc) is 1.61. The lowest BCUT2D eigenvalue weighted by molar-refractivity contribution is 0.306. The molecule has 17 aromatic rings. The fraction of sp³-hybridized carbons (Fsp3) is 0.197. The molecule has 11 aromatic carbocycles. The molecule has 6 aromatic heterocycles. The maximum atomic E-state index is 6.85. The van der Waals surface area contributed by atoms with Crippen LogP contribution in [0.3, 0.4) is 0 Å². The Bertz CT molecular complexity index is 7650. The Morgan fingerprint density at radius 2 is 0.331 bits per heavy atom. The van der Waals surface area contributed by atoms with Gasteiger partial charge >= 0.3 is 0 Å². The normalized spacial score (nSPS) is 12.8. The molecule has 10 heteroatoms. The van der Waals surface area contributed by atoms with Crippen LogP contribution in [-0.2, 0) is 45.7 Å². The van der Waals surface area contributed by atoms with Gasteiger partial charge in [0.15, 0.2) is 0 Å². The van der Waals surface area contributed by atoms with Crippen LogP contribution in [0.5, 0.6) is 11.5 Å². The quantitative estimate of drug-likeness (QED) is 0.0762. The van der Waals surface area contributed by atoms with Crippen LogP contribution in [0.15, 0.2) is 315 Å². The lowest BCUT2D eigenvalue weighted by Crippen LogP contribution is -2.10. The number of aromatic nitrogens is 8. The van der Waals surface area contributed by atoms with Gasteiger partial charge in [-0.15, -0.1) is 0 Å². The Morgan fingerprint density at radius 3 is 0.500 bits per heavy atom. The highest BCUT2D eigenvalue weighted by Crippen LogP contribution is 2.46. The van der Waals surface area contributed by atoms with Gasteiger partial charge in [0.2, 0.25) is 0 Å². The number of fused-ring (bicyclic) bond motifs is 16. The number of benzene rings is 11. The van der Waals surface area contributed by atoms with Crippen LogP contribution in [0.4, 0.5) is 0 Å². The van der Waals surface area contributed by atoms with Gasteiger partial charge in [0, 0.05) is 88.6 Å². The number of hydrogen-bond acceptors (Lipinski definition) is 6. The van der Waals surface area contributed by atoms with E-state index in [4.69, 9.17) is 29.4 Å². The molecule has 4 aliphatic heterocycles. The Hall–Kier alpha value is -15.8. The molecule has 21 rings (SSSR count). The van der Waals surface area contributed by atoms with Gasteiger partial charge in [-0.2, -0.15) is 0 Å². The monoisotopic (exact) mass is 1850 g/mol. The molecule has 0 aliphatic carbocycles. The number of nitrogens with one attached hydrogen (secondary N) is 4. The number of aromatic amines is 4.